The molecule has 3 aromatic carbocycles. The molecular weight excluding hydrogens is 401 g/mol. The van der Waals surface area contributed by atoms with E-state index in [-0.39, 0.29) is 6.61 Å². The van der Waals surface area contributed by atoms with Gasteiger partial charge in [-0.2, -0.15) is 5.26 Å². The zero-order valence-electron chi connectivity index (χ0n) is 14.0. The van der Waals surface area contributed by atoms with E-state index in [1.807, 2.05) is 24.3 Å². The minimum Gasteiger partial charge on any atom is -0.457 e. The van der Waals surface area contributed by atoms with Gasteiger partial charge < -0.3 is 4.74 Å². The van der Waals surface area contributed by atoms with Gasteiger partial charge in [-0.3, -0.25) is 0 Å². The summed E-state index contributed by atoms with van der Waals surface area (Å²) in [7, 11) is 0. The van der Waals surface area contributed by atoms with Gasteiger partial charge >= 0.3 is 5.97 Å². The molecule has 0 radical (unpaired) electrons. The number of ether oxygens (including phenoxy) is 1. The maximum Gasteiger partial charge on any atom is 0.339 e. The summed E-state index contributed by atoms with van der Waals surface area (Å²) in [6.45, 7) is -0.0227. The number of hydrogen-bond acceptors (Lipinski definition) is 4. The van der Waals surface area contributed by atoms with E-state index in [1.165, 1.54) is 11.8 Å². The largest absolute Gasteiger partial charge is 0.457 e. The minimum absolute atomic E-state index is 0.0227. The Morgan fingerprint density at radius 3 is 2.26 bits per heavy atom. The van der Waals surface area contributed by atoms with Crippen molar-refractivity contribution < 1.29 is 9.53 Å². The van der Waals surface area contributed by atoms with E-state index in [1.54, 1.807) is 42.5 Å². The molecule has 0 aliphatic heterocycles. The van der Waals surface area contributed by atoms with E-state index in [0.717, 1.165) is 4.90 Å². The van der Waals surface area contributed by atoms with Gasteiger partial charge in [-0.05, 0) is 36.4 Å². The Hall–Kier alpha value is -2.45. The average molecular weight is 414 g/mol. The van der Waals surface area contributed by atoms with E-state index in [0.29, 0.717) is 31.6 Å². The normalized spacial score (nSPS) is 10.3. The fourth-order valence-corrected chi connectivity index (χ4v) is 3.90. The van der Waals surface area contributed by atoms with Crippen LogP contribution >= 0.6 is 35.0 Å². The second kappa shape index (κ2) is 8.96. The Morgan fingerprint density at radius 2 is 1.56 bits per heavy atom. The van der Waals surface area contributed by atoms with Crippen molar-refractivity contribution in [3.05, 3.63) is 93.5 Å². The predicted octanol–water partition coefficient (Wildman–Crippen LogP) is 6.37. The highest BCUT2D eigenvalue weighted by Gasteiger charge is 2.16. The van der Waals surface area contributed by atoms with Crippen LogP contribution in [0.15, 0.2) is 76.5 Å². The lowest BCUT2D eigenvalue weighted by Gasteiger charge is -2.11. The summed E-state index contributed by atoms with van der Waals surface area (Å²) in [6, 6.07) is 21.6. The van der Waals surface area contributed by atoms with Gasteiger partial charge in [-0.15, -0.1) is 0 Å². The predicted molar refractivity (Wildman–Crippen MR) is 107 cm³/mol. The molecule has 0 aliphatic carbocycles. The lowest BCUT2D eigenvalue weighted by Crippen LogP contribution is -2.07. The lowest BCUT2D eigenvalue weighted by atomic mass is 10.2. The molecule has 0 bridgehead atoms. The standard InChI is InChI=1S/C21H13Cl2NO2S/c22-17-8-5-9-18(23)16(17)13-26-21(25)15-7-2-4-11-20(15)27-19-10-3-1-6-14(19)12-24/h1-11H,13H2. The maximum absolute atomic E-state index is 12.6. The number of carbonyl (C=O) groups excluding carboxylic acids is 1. The Bertz CT molecular complexity index is 1010. The van der Waals surface area contributed by atoms with Gasteiger partial charge in [-0.1, -0.05) is 65.3 Å². The van der Waals surface area contributed by atoms with Gasteiger partial charge in [0.25, 0.3) is 0 Å². The molecule has 0 saturated heterocycles. The van der Waals surface area contributed by atoms with Crippen LogP contribution in [0.4, 0.5) is 0 Å². The average Bonchev–Trinajstić information content (AvgIpc) is 2.68. The van der Waals surface area contributed by atoms with Crippen LogP contribution in [0.2, 0.25) is 10.0 Å². The molecule has 6 heteroatoms. The molecule has 0 unspecified atom stereocenters. The van der Waals surface area contributed by atoms with Gasteiger partial charge in [0.05, 0.1) is 11.1 Å². The van der Waals surface area contributed by atoms with Crippen molar-refractivity contribution in [2.45, 2.75) is 16.4 Å². The fraction of sp³-hybridized carbons (Fsp3) is 0.0476. The van der Waals surface area contributed by atoms with Crippen molar-refractivity contribution in [3.8, 4) is 6.07 Å². The molecule has 3 rings (SSSR count). The molecule has 0 fully saturated rings. The number of halogens is 2. The van der Waals surface area contributed by atoms with Crippen molar-refractivity contribution in [2.24, 2.45) is 0 Å². The van der Waals surface area contributed by atoms with Gasteiger partial charge in [0.2, 0.25) is 0 Å². The molecule has 3 aromatic rings. The highest BCUT2D eigenvalue weighted by molar-refractivity contribution is 7.99. The van der Waals surface area contributed by atoms with Crippen LogP contribution in [0.1, 0.15) is 21.5 Å². The SMILES string of the molecule is N#Cc1ccccc1Sc1ccccc1C(=O)OCc1c(Cl)cccc1Cl. The van der Waals surface area contributed by atoms with Gasteiger partial charge in [0.15, 0.2) is 0 Å². The van der Waals surface area contributed by atoms with E-state index in [2.05, 4.69) is 6.07 Å². The number of benzene rings is 3. The molecule has 0 N–H and O–H groups in total. The van der Waals surface area contributed by atoms with Crippen molar-refractivity contribution in [3.63, 3.8) is 0 Å². The third-order valence-corrected chi connectivity index (χ3v) is 5.60. The number of hydrogen-bond donors (Lipinski definition) is 0. The number of carbonyl (C=O) groups is 1. The Kier molecular flexibility index (Phi) is 6.41. The summed E-state index contributed by atoms with van der Waals surface area (Å²) in [5.41, 5.74) is 1.53. The minimum atomic E-state index is -0.483. The van der Waals surface area contributed by atoms with Gasteiger partial charge in [0.1, 0.15) is 12.7 Å². The smallest absolute Gasteiger partial charge is 0.339 e. The van der Waals surface area contributed by atoms with E-state index >= 15 is 0 Å². The van der Waals surface area contributed by atoms with Crippen LogP contribution in [0.5, 0.6) is 0 Å². The summed E-state index contributed by atoms with van der Waals surface area (Å²) >= 11 is 13.6. The Morgan fingerprint density at radius 1 is 0.926 bits per heavy atom. The fourth-order valence-electron chi connectivity index (χ4n) is 2.38. The molecule has 0 aliphatic rings. The maximum atomic E-state index is 12.6. The first-order chi connectivity index (χ1) is 13.1. The first kappa shape index (κ1) is 19.3. The van der Waals surface area contributed by atoms with E-state index in [4.69, 9.17) is 27.9 Å². The molecule has 0 amide bonds. The second-order valence-electron chi connectivity index (χ2n) is 5.48. The van der Waals surface area contributed by atoms with E-state index in [9.17, 15) is 10.1 Å². The van der Waals surface area contributed by atoms with Crippen LogP contribution in [0, 0.1) is 11.3 Å². The number of esters is 1. The van der Waals surface area contributed by atoms with E-state index < -0.39 is 5.97 Å². The molecule has 27 heavy (non-hydrogen) atoms. The number of nitriles is 1. The second-order valence-corrected chi connectivity index (χ2v) is 7.38. The van der Waals surface area contributed by atoms with Crippen molar-refractivity contribution in [1.82, 2.24) is 0 Å². The molecular formula is C21H13Cl2NO2S. The molecule has 0 spiro atoms. The molecule has 3 nitrogen and oxygen atoms in total. The van der Waals surface area contributed by atoms with Crippen molar-refractivity contribution in [2.75, 3.05) is 0 Å². The molecule has 0 atom stereocenters. The third kappa shape index (κ3) is 4.64. The van der Waals surface area contributed by atoms with Crippen LogP contribution in [-0.4, -0.2) is 5.97 Å². The highest BCUT2D eigenvalue weighted by Crippen LogP contribution is 2.33. The summed E-state index contributed by atoms with van der Waals surface area (Å²) in [6.07, 6.45) is 0. The zero-order valence-corrected chi connectivity index (χ0v) is 16.3. The van der Waals surface area contributed by atoms with Crippen LogP contribution in [-0.2, 0) is 11.3 Å². The molecule has 0 aromatic heterocycles. The van der Waals surface area contributed by atoms with Gasteiger partial charge in [-0.25, -0.2) is 4.79 Å². The number of rotatable bonds is 5. The zero-order chi connectivity index (χ0) is 19.2. The lowest BCUT2D eigenvalue weighted by molar-refractivity contribution is 0.0469. The topological polar surface area (TPSA) is 50.1 Å². The first-order valence-electron chi connectivity index (χ1n) is 7.96. The van der Waals surface area contributed by atoms with Crippen LogP contribution < -0.4 is 0 Å². The Labute approximate surface area is 171 Å². The molecule has 0 saturated carbocycles. The molecule has 134 valence electrons. The summed E-state index contributed by atoms with van der Waals surface area (Å²) in [5.74, 6) is -0.483. The van der Waals surface area contributed by atoms with Crippen LogP contribution in [0.3, 0.4) is 0 Å². The summed E-state index contributed by atoms with van der Waals surface area (Å²) in [5, 5.41) is 10.1. The quantitative estimate of drug-likeness (QED) is 0.455. The van der Waals surface area contributed by atoms with Crippen molar-refractivity contribution in [1.29, 1.82) is 5.26 Å². The van der Waals surface area contributed by atoms with Crippen LogP contribution in [0.25, 0.3) is 0 Å². The Balaban J connectivity index is 1.81. The molecule has 0 heterocycles. The summed E-state index contributed by atoms with van der Waals surface area (Å²) < 4.78 is 5.42. The number of nitrogens with zero attached hydrogens (tertiary/aromatic N) is 1. The van der Waals surface area contributed by atoms with Gasteiger partial charge in [0, 0.05) is 25.4 Å². The monoisotopic (exact) mass is 413 g/mol. The highest BCUT2D eigenvalue weighted by atomic mass is 35.5. The first-order valence-corrected chi connectivity index (χ1v) is 9.53. The third-order valence-electron chi connectivity index (χ3n) is 3.74. The summed E-state index contributed by atoms with van der Waals surface area (Å²) in [4.78, 5) is 14.1. The van der Waals surface area contributed by atoms with Crippen molar-refractivity contribution >= 4 is 40.9 Å².